The van der Waals surface area contributed by atoms with Crippen LogP contribution in [0, 0.1) is 0 Å². The number of nitrogens with two attached hydrogens (primary N) is 1. The highest BCUT2D eigenvalue weighted by Crippen LogP contribution is 2.37. The highest BCUT2D eigenvalue weighted by atomic mass is 32.2. The number of aliphatic carboxylic acids is 1. The lowest BCUT2D eigenvalue weighted by atomic mass is 10.1. The Morgan fingerprint density at radius 2 is 2.36 bits per heavy atom. The van der Waals surface area contributed by atoms with Crippen molar-refractivity contribution >= 4 is 34.2 Å². The third-order valence-corrected chi connectivity index (χ3v) is 4.08. The molecule has 3 N–H and O–H groups in total. The Balaban J connectivity index is 2.80. The van der Waals surface area contributed by atoms with Crippen LogP contribution in [0.3, 0.4) is 0 Å². The van der Waals surface area contributed by atoms with Gasteiger partial charge < -0.3 is 10.8 Å². The van der Waals surface area contributed by atoms with E-state index in [-0.39, 0.29) is 0 Å². The van der Waals surface area contributed by atoms with Crippen LogP contribution in [0.1, 0.15) is 20.3 Å². The van der Waals surface area contributed by atoms with E-state index >= 15 is 0 Å². The monoisotopic (exact) mass is 233 g/mol. The van der Waals surface area contributed by atoms with E-state index in [2.05, 4.69) is 10.2 Å². The molecule has 0 spiro atoms. The van der Waals surface area contributed by atoms with Crippen LogP contribution in [0.25, 0.3) is 0 Å². The minimum absolute atomic E-state index is 0.358. The maximum atomic E-state index is 11.0. The van der Waals surface area contributed by atoms with Crippen molar-refractivity contribution in [2.24, 2.45) is 0 Å². The number of nitrogens with zero attached hydrogens (tertiary/aromatic N) is 2. The Labute approximate surface area is 89.7 Å². The van der Waals surface area contributed by atoms with Gasteiger partial charge in [-0.2, -0.15) is 0 Å². The third-order valence-electron chi connectivity index (χ3n) is 1.86. The van der Waals surface area contributed by atoms with Crippen molar-refractivity contribution in [2.75, 3.05) is 5.73 Å². The van der Waals surface area contributed by atoms with E-state index in [0.29, 0.717) is 15.9 Å². The SMILES string of the molecule is CCC(C)(Sc1nnc(N)s1)C(=O)O. The van der Waals surface area contributed by atoms with Gasteiger partial charge in [0.1, 0.15) is 4.75 Å². The number of carboxylic acids is 1. The topological polar surface area (TPSA) is 89.1 Å². The Morgan fingerprint density at radius 1 is 1.71 bits per heavy atom. The van der Waals surface area contributed by atoms with E-state index in [4.69, 9.17) is 10.8 Å². The molecular weight excluding hydrogens is 222 g/mol. The van der Waals surface area contributed by atoms with Crippen LogP contribution in [-0.4, -0.2) is 26.0 Å². The first kappa shape index (κ1) is 11.3. The molecule has 0 aromatic carbocycles. The van der Waals surface area contributed by atoms with Crippen molar-refractivity contribution in [3.63, 3.8) is 0 Å². The van der Waals surface area contributed by atoms with Crippen molar-refractivity contribution < 1.29 is 9.90 Å². The van der Waals surface area contributed by atoms with E-state index in [1.165, 1.54) is 23.1 Å². The van der Waals surface area contributed by atoms with Crippen LogP contribution in [0.5, 0.6) is 0 Å². The summed E-state index contributed by atoms with van der Waals surface area (Å²) in [5, 5.41) is 16.8. The van der Waals surface area contributed by atoms with Gasteiger partial charge in [-0.1, -0.05) is 30.0 Å². The van der Waals surface area contributed by atoms with Gasteiger partial charge in [0.2, 0.25) is 5.13 Å². The number of carbonyl (C=O) groups is 1. The fraction of sp³-hybridized carbons (Fsp3) is 0.571. The Hall–Kier alpha value is -0.820. The van der Waals surface area contributed by atoms with Crippen LogP contribution in [0.15, 0.2) is 4.34 Å². The molecule has 0 fully saturated rings. The zero-order valence-corrected chi connectivity index (χ0v) is 9.48. The standard InChI is InChI=1S/C7H11N3O2S2/c1-3-7(2,4(11)12)14-6-10-9-5(8)13-6/h3H2,1-2H3,(H2,8,9)(H,11,12). The van der Waals surface area contributed by atoms with Crippen molar-refractivity contribution in [1.29, 1.82) is 0 Å². The van der Waals surface area contributed by atoms with Crippen molar-refractivity contribution in [2.45, 2.75) is 29.4 Å². The number of aromatic nitrogens is 2. The lowest BCUT2D eigenvalue weighted by Crippen LogP contribution is -2.30. The molecule has 14 heavy (non-hydrogen) atoms. The van der Waals surface area contributed by atoms with Gasteiger partial charge in [-0.15, -0.1) is 10.2 Å². The first-order chi connectivity index (χ1) is 6.48. The first-order valence-electron chi connectivity index (χ1n) is 3.99. The summed E-state index contributed by atoms with van der Waals surface area (Å²) in [4.78, 5) is 11.0. The molecule has 0 aliphatic heterocycles. The lowest BCUT2D eigenvalue weighted by Gasteiger charge is -2.19. The number of nitrogen functional groups attached to an aromatic ring is 1. The number of thioether (sulfide) groups is 1. The summed E-state index contributed by atoms with van der Waals surface area (Å²) >= 11 is 2.39. The average Bonchev–Trinajstić information content (AvgIpc) is 2.50. The summed E-state index contributed by atoms with van der Waals surface area (Å²) in [7, 11) is 0. The molecule has 1 unspecified atom stereocenters. The fourth-order valence-corrected chi connectivity index (χ4v) is 2.74. The van der Waals surface area contributed by atoms with Gasteiger partial charge in [0, 0.05) is 0 Å². The maximum Gasteiger partial charge on any atom is 0.319 e. The van der Waals surface area contributed by atoms with Crippen molar-refractivity contribution in [1.82, 2.24) is 10.2 Å². The zero-order chi connectivity index (χ0) is 10.8. The summed E-state index contributed by atoms with van der Waals surface area (Å²) in [6, 6.07) is 0. The van der Waals surface area contributed by atoms with E-state index in [1.54, 1.807) is 6.92 Å². The van der Waals surface area contributed by atoms with Crippen LogP contribution >= 0.6 is 23.1 Å². The second-order valence-corrected chi connectivity index (χ2v) is 5.66. The molecule has 1 atom stereocenters. The zero-order valence-electron chi connectivity index (χ0n) is 7.85. The highest BCUT2D eigenvalue weighted by Gasteiger charge is 2.33. The van der Waals surface area contributed by atoms with Gasteiger partial charge >= 0.3 is 5.97 Å². The Kier molecular flexibility index (Phi) is 3.33. The van der Waals surface area contributed by atoms with Crippen LogP contribution < -0.4 is 5.73 Å². The minimum Gasteiger partial charge on any atom is -0.480 e. The molecule has 0 radical (unpaired) electrons. The molecule has 1 rings (SSSR count). The molecule has 0 saturated heterocycles. The number of hydrogen-bond acceptors (Lipinski definition) is 6. The van der Waals surface area contributed by atoms with Crippen LogP contribution in [0.2, 0.25) is 0 Å². The maximum absolute atomic E-state index is 11.0. The number of hydrogen-bond donors (Lipinski definition) is 2. The largest absolute Gasteiger partial charge is 0.480 e. The molecule has 0 aliphatic rings. The number of rotatable bonds is 4. The molecule has 0 aliphatic carbocycles. The van der Waals surface area contributed by atoms with Crippen LogP contribution in [-0.2, 0) is 4.79 Å². The highest BCUT2D eigenvalue weighted by molar-refractivity contribution is 8.03. The Morgan fingerprint density at radius 3 is 2.71 bits per heavy atom. The smallest absolute Gasteiger partial charge is 0.319 e. The molecular formula is C7H11N3O2S2. The van der Waals surface area contributed by atoms with Crippen molar-refractivity contribution in [3.8, 4) is 0 Å². The second-order valence-electron chi connectivity index (χ2n) is 2.90. The van der Waals surface area contributed by atoms with Gasteiger partial charge in [-0.25, -0.2) is 0 Å². The minimum atomic E-state index is -0.855. The number of anilines is 1. The molecule has 5 nitrogen and oxygen atoms in total. The summed E-state index contributed by atoms with van der Waals surface area (Å²) in [5.74, 6) is -0.848. The van der Waals surface area contributed by atoms with E-state index < -0.39 is 10.7 Å². The quantitative estimate of drug-likeness (QED) is 0.765. The fourth-order valence-electron chi connectivity index (χ4n) is 0.721. The number of carboxylic acid groups (broad SMARTS) is 1. The molecule has 7 heteroatoms. The lowest BCUT2D eigenvalue weighted by molar-refractivity contribution is -0.139. The summed E-state index contributed by atoms with van der Waals surface area (Å²) in [5.41, 5.74) is 5.40. The molecule has 78 valence electrons. The molecule has 1 aromatic rings. The van der Waals surface area contributed by atoms with Crippen LogP contribution in [0.4, 0.5) is 5.13 Å². The predicted molar refractivity (Wildman–Crippen MR) is 56.5 cm³/mol. The van der Waals surface area contributed by atoms with Gasteiger partial charge in [0.15, 0.2) is 4.34 Å². The summed E-state index contributed by atoms with van der Waals surface area (Å²) in [6.45, 7) is 3.49. The molecule has 0 saturated carbocycles. The van der Waals surface area contributed by atoms with Gasteiger partial charge in [0.25, 0.3) is 0 Å². The Bertz CT molecular complexity index is 341. The summed E-state index contributed by atoms with van der Waals surface area (Å²) < 4.78 is -0.263. The van der Waals surface area contributed by atoms with E-state index in [9.17, 15) is 4.79 Å². The third kappa shape index (κ3) is 2.36. The first-order valence-corrected chi connectivity index (χ1v) is 5.62. The molecule has 1 aromatic heterocycles. The van der Waals surface area contributed by atoms with Gasteiger partial charge in [0.05, 0.1) is 0 Å². The molecule has 1 heterocycles. The predicted octanol–water partition coefficient (Wildman–Crippen LogP) is 1.47. The average molecular weight is 233 g/mol. The van der Waals surface area contributed by atoms with Gasteiger partial charge in [-0.05, 0) is 13.3 Å². The molecule has 0 bridgehead atoms. The normalized spacial score (nSPS) is 15.0. The van der Waals surface area contributed by atoms with Gasteiger partial charge in [-0.3, -0.25) is 4.79 Å². The molecule has 0 amide bonds. The second kappa shape index (κ2) is 4.14. The summed E-state index contributed by atoms with van der Waals surface area (Å²) in [6.07, 6.45) is 0.520. The van der Waals surface area contributed by atoms with Crippen molar-refractivity contribution in [3.05, 3.63) is 0 Å². The van der Waals surface area contributed by atoms with E-state index in [0.717, 1.165) is 0 Å². The van der Waals surface area contributed by atoms with E-state index in [1.807, 2.05) is 6.92 Å².